The average molecular weight is 393 g/mol. The Hall–Kier alpha value is -1.60. The Morgan fingerprint density at radius 3 is 2.39 bits per heavy atom. The summed E-state index contributed by atoms with van der Waals surface area (Å²) in [6.07, 6.45) is 3.35. The zero-order valence-corrected chi connectivity index (χ0v) is 18.7. The quantitative estimate of drug-likeness (QED) is 0.496. The number of hydrogen-bond acceptors (Lipinski definition) is 4. The third kappa shape index (κ3) is 5.95. The van der Waals surface area contributed by atoms with Crippen LogP contribution in [-0.4, -0.2) is 73.1 Å². The van der Waals surface area contributed by atoms with E-state index in [1.807, 2.05) is 18.8 Å². The second-order valence-corrected chi connectivity index (χ2v) is 7.70. The van der Waals surface area contributed by atoms with Crippen LogP contribution in [0.2, 0.25) is 0 Å². The maximum Gasteiger partial charge on any atom is 0.191 e. The van der Waals surface area contributed by atoms with Crippen LogP contribution in [0.1, 0.15) is 43.6 Å². The zero-order chi connectivity index (χ0) is 20.5. The normalized spacial score (nSPS) is 17.2. The van der Waals surface area contributed by atoms with E-state index in [2.05, 4.69) is 53.3 Å². The van der Waals surface area contributed by atoms with Gasteiger partial charge in [0.25, 0.3) is 0 Å². The zero-order valence-electron chi connectivity index (χ0n) is 18.7. The lowest BCUT2D eigenvalue weighted by Crippen LogP contribution is -2.53. The fourth-order valence-electron chi connectivity index (χ4n) is 4.24. The molecule has 1 aromatic heterocycles. The number of aliphatic imine (C=N–C) groups is 1. The molecule has 0 radical (unpaired) electrons. The van der Waals surface area contributed by atoms with Crippen molar-refractivity contribution in [2.45, 2.75) is 53.0 Å². The van der Waals surface area contributed by atoms with Crippen LogP contribution in [0.5, 0.6) is 0 Å². The number of aryl methyl sites for hydroxylation is 2. The molecule has 0 aromatic carbocycles. The number of nitrogens with one attached hydrogen (secondary N) is 2. The molecule has 160 valence electrons. The maximum atomic E-state index is 5.55. The number of hydrogen-bond donors (Lipinski definition) is 2. The Labute approximate surface area is 170 Å². The molecular formula is C21H40N6O. The highest BCUT2D eigenvalue weighted by Crippen LogP contribution is 2.19. The molecule has 0 aliphatic carbocycles. The minimum absolute atomic E-state index is 0.514. The summed E-state index contributed by atoms with van der Waals surface area (Å²) in [5.41, 5.74) is 3.68. The average Bonchev–Trinajstić information content (AvgIpc) is 2.96. The van der Waals surface area contributed by atoms with E-state index < -0.39 is 0 Å². The second kappa shape index (κ2) is 11.4. The summed E-state index contributed by atoms with van der Waals surface area (Å²) in [5.74, 6) is 1.56. The van der Waals surface area contributed by atoms with Gasteiger partial charge in [-0.05, 0) is 31.7 Å². The van der Waals surface area contributed by atoms with Crippen molar-refractivity contribution in [2.75, 3.05) is 46.4 Å². The third-order valence-electron chi connectivity index (χ3n) is 6.14. The van der Waals surface area contributed by atoms with E-state index in [0.29, 0.717) is 12.0 Å². The van der Waals surface area contributed by atoms with Gasteiger partial charge in [0, 0.05) is 52.0 Å². The monoisotopic (exact) mass is 392 g/mol. The highest BCUT2D eigenvalue weighted by molar-refractivity contribution is 5.79. The second-order valence-electron chi connectivity index (χ2n) is 7.70. The highest BCUT2D eigenvalue weighted by atomic mass is 16.5. The van der Waals surface area contributed by atoms with Crippen molar-refractivity contribution in [3.8, 4) is 0 Å². The SMILES string of the molecule is CCC(CC)C(CNC(=NC)NCCc1c(C)nn(C)c1C)N1CCOCC1. The van der Waals surface area contributed by atoms with Gasteiger partial charge in [-0.1, -0.05) is 26.7 Å². The van der Waals surface area contributed by atoms with Crippen LogP contribution in [0.15, 0.2) is 4.99 Å². The van der Waals surface area contributed by atoms with Gasteiger partial charge in [-0.3, -0.25) is 14.6 Å². The number of ether oxygens (including phenoxy) is 1. The Bertz CT molecular complexity index is 617. The van der Waals surface area contributed by atoms with E-state index in [4.69, 9.17) is 4.74 Å². The number of rotatable bonds is 9. The number of nitrogens with zero attached hydrogens (tertiary/aromatic N) is 4. The molecule has 1 unspecified atom stereocenters. The molecular weight excluding hydrogens is 352 g/mol. The van der Waals surface area contributed by atoms with Crippen molar-refractivity contribution >= 4 is 5.96 Å². The van der Waals surface area contributed by atoms with Gasteiger partial charge in [0.1, 0.15) is 0 Å². The fourth-order valence-corrected chi connectivity index (χ4v) is 4.24. The van der Waals surface area contributed by atoms with E-state index >= 15 is 0 Å². The molecule has 7 nitrogen and oxygen atoms in total. The van der Waals surface area contributed by atoms with Crippen molar-refractivity contribution in [1.29, 1.82) is 0 Å². The van der Waals surface area contributed by atoms with Crippen LogP contribution in [0.4, 0.5) is 0 Å². The van der Waals surface area contributed by atoms with Gasteiger partial charge in [-0.25, -0.2) is 0 Å². The van der Waals surface area contributed by atoms with Crippen LogP contribution in [-0.2, 0) is 18.2 Å². The van der Waals surface area contributed by atoms with Crippen molar-refractivity contribution in [2.24, 2.45) is 18.0 Å². The first-order valence-corrected chi connectivity index (χ1v) is 10.8. The lowest BCUT2D eigenvalue weighted by atomic mass is 9.92. The first kappa shape index (κ1) is 22.7. The van der Waals surface area contributed by atoms with Crippen molar-refractivity contribution < 1.29 is 4.74 Å². The van der Waals surface area contributed by atoms with E-state index in [0.717, 1.165) is 57.5 Å². The summed E-state index contributed by atoms with van der Waals surface area (Å²) in [7, 11) is 3.85. The molecule has 2 N–H and O–H groups in total. The van der Waals surface area contributed by atoms with Gasteiger partial charge in [-0.15, -0.1) is 0 Å². The van der Waals surface area contributed by atoms with Crippen LogP contribution >= 0.6 is 0 Å². The van der Waals surface area contributed by atoms with Gasteiger partial charge < -0.3 is 15.4 Å². The number of aromatic nitrogens is 2. The summed E-state index contributed by atoms with van der Waals surface area (Å²) >= 11 is 0. The molecule has 2 heterocycles. The molecule has 0 bridgehead atoms. The molecule has 1 fully saturated rings. The molecule has 28 heavy (non-hydrogen) atoms. The number of morpholine rings is 1. The maximum absolute atomic E-state index is 5.55. The van der Waals surface area contributed by atoms with Crippen LogP contribution in [0, 0.1) is 19.8 Å². The standard InChI is InChI=1S/C21H40N6O/c1-7-18(8-2)20(27-11-13-28-14-12-27)15-24-21(22-5)23-10-9-19-16(3)25-26(6)17(19)4/h18,20H,7-15H2,1-6H3,(H2,22,23,24). The van der Waals surface area contributed by atoms with Gasteiger partial charge in [0.15, 0.2) is 5.96 Å². The molecule has 1 saturated heterocycles. The molecule has 2 rings (SSSR count). The lowest BCUT2D eigenvalue weighted by molar-refractivity contribution is 0.00272. The topological polar surface area (TPSA) is 66.7 Å². The van der Waals surface area contributed by atoms with Gasteiger partial charge in [-0.2, -0.15) is 5.10 Å². The van der Waals surface area contributed by atoms with E-state index in [1.165, 1.54) is 24.1 Å². The van der Waals surface area contributed by atoms with Crippen molar-refractivity contribution in [3.63, 3.8) is 0 Å². The van der Waals surface area contributed by atoms with E-state index in [1.54, 1.807) is 0 Å². The van der Waals surface area contributed by atoms with Crippen LogP contribution in [0.25, 0.3) is 0 Å². The van der Waals surface area contributed by atoms with Gasteiger partial charge >= 0.3 is 0 Å². The Kier molecular flexibility index (Phi) is 9.25. The molecule has 1 atom stereocenters. The fraction of sp³-hybridized carbons (Fsp3) is 0.810. The third-order valence-corrected chi connectivity index (χ3v) is 6.14. The first-order valence-electron chi connectivity index (χ1n) is 10.8. The summed E-state index contributed by atoms with van der Waals surface area (Å²) in [4.78, 5) is 7.01. The predicted molar refractivity (Wildman–Crippen MR) is 116 cm³/mol. The van der Waals surface area contributed by atoms with Crippen molar-refractivity contribution in [1.82, 2.24) is 25.3 Å². The Morgan fingerprint density at radius 1 is 1.18 bits per heavy atom. The molecule has 7 heteroatoms. The first-order chi connectivity index (χ1) is 13.5. The number of guanidine groups is 1. The van der Waals surface area contributed by atoms with E-state index in [-0.39, 0.29) is 0 Å². The van der Waals surface area contributed by atoms with Gasteiger partial charge in [0.05, 0.1) is 18.9 Å². The van der Waals surface area contributed by atoms with Gasteiger partial charge in [0.2, 0.25) is 0 Å². The summed E-state index contributed by atoms with van der Waals surface area (Å²) < 4.78 is 7.51. The lowest BCUT2D eigenvalue weighted by Gasteiger charge is -2.39. The largest absolute Gasteiger partial charge is 0.379 e. The molecule has 0 amide bonds. The van der Waals surface area contributed by atoms with E-state index in [9.17, 15) is 0 Å². The van der Waals surface area contributed by atoms with Crippen molar-refractivity contribution in [3.05, 3.63) is 17.0 Å². The highest BCUT2D eigenvalue weighted by Gasteiger charge is 2.27. The molecule has 1 aliphatic rings. The molecule has 0 saturated carbocycles. The van der Waals surface area contributed by atoms with Crippen LogP contribution in [0.3, 0.4) is 0 Å². The Morgan fingerprint density at radius 2 is 1.86 bits per heavy atom. The summed E-state index contributed by atoms with van der Waals surface area (Å²) in [6.45, 7) is 14.3. The summed E-state index contributed by atoms with van der Waals surface area (Å²) in [5, 5.41) is 11.6. The molecule has 0 spiro atoms. The minimum atomic E-state index is 0.514. The molecule has 1 aromatic rings. The Balaban J connectivity index is 1.89. The minimum Gasteiger partial charge on any atom is -0.379 e. The predicted octanol–water partition coefficient (Wildman–Crippen LogP) is 1.88. The molecule has 1 aliphatic heterocycles. The smallest absolute Gasteiger partial charge is 0.191 e. The summed E-state index contributed by atoms with van der Waals surface area (Å²) in [6, 6.07) is 0.514. The van der Waals surface area contributed by atoms with Crippen LogP contribution < -0.4 is 10.6 Å².